The van der Waals surface area contributed by atoms with Crippen molar-refractivity contribution in [2.45, 2.75) is 25.9 Å². The number of carbonyl (C=O) groups excluding carboxylic acids is 1. The minimum absolute atomic E-state index is 0.136. The number of hydrogen-bond donors (Lipinski definition) is 2. The Labute approximate surface area is 111 Å². The lowest BCUT2D eigenvalue weighted by atomic mass is 10.1. The molecule has 1 heterocycles. The van der Waals surface area contributed by atoms with Gasteiger partial charge >= 0.3 is 5.97 Å². The van der Waals surface area contributed by atoms with Gasteiger partial charge in [-0.2, -0.15) is 0 Å². The smallest absolute Gasteiger partial charge is 0.374 e. The Hall–Kier alpha value is -2.01. The fraction of sp³-hybridized carbons (Fsp3) is 0.357. The molecule has 0 bridgehead atoms. The molecule has 0 fully saturated rings. The summed E-state index contributed by atoms with van der Waals surface area (Å²) in [4.78, 5) is 11.8. The van der Waals surface area contributed by atoms with Crippen LogP contribution in [0.5, 0.6) is 0 Å². The van der Waals surface area contributed by atoms with Crippen LogP contribution in [0.3, 0.4) is 0 Å². The van der Waals surface area contributed by atoms with E-state index in [9.17, 15) is 9.90 Å². The summed E-state index contributed by atoms with van der Waals surface area (Å²) < 4.78 is 10.4. The van der Waals surface area contributed by atoms with E-state index in [2.05, 4.69) is 0 Å². The van der Waals surface area contributed by atoms with Gasteiger partial charge in [0.1, 0.15) is 5.58 Å². The van der Waals surface area contributed by atoms with Crippen molar-refractivity contribution in [1.29, 1.82) is 0 Å². The molecule has 3 N–H and O–H groups in total. The van der Waals surface area contributed by atoms with Crippen molar-refractivity contribution in [3.63, 3.8) is 0 Å². The number of carbonyl (C=O) groups is 1. The third-order valence-electron chi connectivity index (χ3n) is 2.69. The van der Waals surface area contributed by atoms with Crippen molar-refractivity contribution >= 4 is 22.6 Å². The van der Waals surface area contributed by atoms with E-state index >= 15 is 0 Å². The van der Waals surface area contributed by atoms with Crippen molar-refractivity contribution in [3.05, 3.63) is 30.0 Å². The fourth-order valence-corrected chi connectivity index (χ4v) is 1.63. The molecule has 1 aromatic carbocycles. The van der Waals surface area contributed by atoms with E-state index in [4.69, 9.17) is 14.9 Å². The molecule has 0 amide bonds. The number of esters is 1. The molecule has 0 unspecified atom stereocenters. The molecule has 0 spiro atoms. The topological polar surface area (TPSA) is 85.7 Å². The van der Waals surface area contributed by atoms with Gasteiger partial charge in [0.2, 0.25) is 5.76 Å². The number of rotatable bonds is 4. The van der Waals surface area contributed by atoms with E-state index in [0.29, 0.717) is 17.7 Å². The molecular formula is C14H17NO4. The van der Waals surface area contributed by atoms with Crippen molar-refractivity contribution in [1.82, 2.24) is 0 Å². The molecule has 5 heteroatoms. The van der Waals surface area contributed by atoms with Crippen molar-refractivity contribution in [2.75, 3.05) is 12.3 Å². The van der Waals surface area contributed by atoms with Gasteiger partial charge in [-0.25, -0.2) is 4.79 Å². The van der Waals surface area contributed by atoms with Gasteiger partial charge in [0.15, 0.2) is 0 Å². The Kier molecular flexibility index (Phi) is 3.48. The highest BCUT2D eigenvalue weighted by Gasteiger charge is 2.17. The van der Waals surface area contributed by atoms with Crippen LogP contribution in [0.1, 0.15) is 30.8 Å². The second-order valence-corrected chi connectivity index (χ2v) is 5.11. The summed E-state index contributed by atoms with van der Waals surface area (Å²) in [6, 6.07) is 6.73. The first-order valence-electron chi connectivity index (χ1n) is 6.04. The van der Waals surface area contributed by atoms with Crippen LogP contribution in [-0.2, 0) is 4.74 Å². The van der Waals surface area contributed by atoms with Crippen molar-refractivity contribution in [3.8, 4) is 0 Å². The zero-order chi connectivity index (χ0) is 14.0. The number of hydrogen-bond acceptors (Lipinski definition) is 5. The molecule has 0 aliphatic heterocycles. The summed E-state index contributed by atoms with van der Waals surface area (Å²) in [5.74, 6) is -0.407. The number of furan rings is 1. The van der Waals surface area contributed by atoms with E-state index in [0.717, 1.165) is 5.39 Å². The summed E-state index contributed by atoms with van der Waals surface area (Å²) in [5.41, 5.74) is 5.99. The van der Waals surface area contributed by atoms with Gasteiger partial charge in [-0.15, -0.1) is 0 Å². The second kappa shape index (κ2) is 4.93. The van der Waals surface area contributed by atoms with Crippen LogP contribution in [0, 0.1) is 0 Å². The number of nitrogens with two attached hydrogens (primary N) is 1. The van der Waals surface area contributed by atoms with Gasteiger partial charge in [-0.1, -0.05) is 0 Å². The number of anilines is 1. The Morgan fingerprint density at radius 3 is 2.84 bits per heavy atom. The molecule has 0 saturated carbocycles. The first-order chi connectivity index (χ1) is 8.85. The maximum atomic E-state index is 11.8. The molecule has 0 radical (unpaired) electrons. The first kappa shape index (κ1) is 13.4. The zero-order valence-electron chi connectivity index (χ0n) is 11.0. The molecule has 1 aromatic heterocycles. The maximum Gasteiger partial charge on any atom is 0.374 e. The van der Waals surface area contributed by atoms with Crippen molar-refractivity contribution < 1.29 is 19.1 Å². The standard InChI is InChI=1S/C14H17NO4/c1-14(2,17)5-6-18-13(16)12-8-9-7-10(15)3-4-11(9)19-12/h3-4,7-8,17H,5-6,15H2,1-2H3. The summed E-state index contributed by atoms with van der Waals surface area (Å²) in [7, 11) is 0. The Morgan fingerprint density at radius 1 is 1.42 bits per heavy atom. The molecule has 5 nitrogen and oxygen atoms in total. The molecule has 0 aliphatic carbocycles. The lowest BCUT2D eigenvalue weighted by Gasteiger charge is -2.15. The van der Waals surface area contributed by atoms with Gasteiger partial charge in [0, 0.05) is 17.5 Å². The molecular weight excluding hydrogens is 246 g/mol. The molecule has 0 atom stereocenters. The molecule has 19 heavy (non-hydrogen) atoms. The highest BCUT2D eigenvalue weighted by atomic mass is 16.5. The van der Waals surface area contributed by atoms with Gasteiger partial charge < -0.3 is 20.0 Å². The predicted octanol–water partition coefficient (Wildman–Crippen LogP) is 2.33. The molecule has 2 aromatic rings. The highest BCUT2D eigenvalue weighted by molar-refractivity contribution is 5.93. The summed E-state index contributed by atoms with van der Waals surface area (Å²) in [6.45, 7) is 3.46. The molecule has 0 aliphatic rings. The Morgan fingerprint density at radius 2 is 2.16 bits per heavy atom. The van der Waals surface area contributed by atoms with Gasteiger partial charge in [-0.3, -0.25) is 0 Å². The fourth-order valence-electron chi connectivity index (χ4n) is 1.63. The number of benzene rings is 1. The maximum absolute atomic E-state index is 11.8. The third-order valence-corrected chi connectivity index (χ3v) is 2.69. The van der Waals surface area contributed by atoms with Crippen molar-refractivity contribution in [2.24, 2.45) is 0 Å². The van der Waals surface area contributed by atoms with Gasteiger partial charge in [-0.05, 0) is 38.1 Å². The van der Waals surface area contributed by atoms with E-state index in [1.807, 2.05) is 0 Å². The first-order valence-corrected chi connectivity index (χ1v) is 6.04. The van der Waals surface area contributed by atoms with Crippen LogP contribution < -0.4 is 5.73 Å². The third kappa shape index (κ3) is 3.48. The number of ether oxygens (including phenoxy) is 1. The van der Waals surface area contributed by atoms with Crippen LogP contribution in [0.4, 0.5) is 5.69 Å². The lowest BCUT2D eigenvalue weighted by molar-refractivity contribution is 0.0223. The predicted molar refractivity (Wildman–Crippen MR) is 71.8 cm³/mol. The van der Waals surface area contributed by atoms with Crippen LogP contribution in [-0.4, -0.2) is 23.3 Å². The second-order valence-electron chi connectivity index (χ2n) is 5.11. The Bertz CT molecular complexity index is 595. The minimum Gasteiger partial charge on any atom is -0.460 e. The van der Waals surface area contributed by atoms with Crippen LogP contribution in [0.15, 0.2) is 28.7 Å². The number of nitrogen functional groups attached to an aromatic ring is 1. The van der Waals surface area contributed by atoms with Gasteiger partial charge in [0.05, 0.1) is 12.2 Å². The zero-order valence-corrected chi connectivity index (χ0v) is 11.0. The van der Waals surface area contributed by atoms with E-state index < -0.39 is 11.6 Å². The van der Waals surface area contributed by atoms with E-state index in [1.54, 1.807) is 38.1 Å². The lowest BCUT2D eigenvalue weighted by Crippen LogP contribution is -2.22. The molecule has 102 valence electrons. The highest BCUT2D eigenvalue weighted by Crippen LogP contribution is 2.22. The van der Waals surface area contributed by atoms with Gasteiger partial charge in [0.25, 0.3) is 0 Å². The summed E-state index contributed by atoms with van der Waals surface area (Å²) in [5, 5.41) is 10.3. The average molecular weight is 263 g/mol. The largest absolute Gasteiger partial charge is 0.460 e. The van der Waals surface area contributed by atoms with E-state index in [-0.39, 0.29) is 12.4 Å². The molecule has 2 rings (SSSR count). The average Bonchev–Trinajstić information content (AvgIpc) is 2.70. The summed E-state index contributed by atoms with van der Waals surface area (Å²) in [6.07, 6.45) is 0.367. The summed E-state index contributed by atoms with van der Waals surface area (Å²) >= 11 is 0. The minimum atomic E-state index is -0.859. The number of fused-ring (bicyclic) bond motifs is 1. The SMILES string of the molecule is CC(C)(O)CCOC(=O)c1cc2cc(N)ccc2o1. The van der Waals surface area contributed by atoms with E-state index in [1.165, 1.54) is 0 Å². The quantitative estimate of drug-likeness (QED) is 0.653. The molecule has 0 saturated heterocycles. The van der Waals surface area contributed by atoms with Crippen LogP contribution in [0.25, 0.3) is 11.0 Å². The number of aliphatic hydroxyl groups is 1. The normalized spacial score (nSPS) is 11.7. The van der Waals surface area contributed by atoms with Crippen LogP contribution in [0.2, 0.25) is 0 Å². The van der Waals surface area contributed by atoms with Crippen LogP contribution >= 0.6 is 0 Å². The monoisotopic (exact) mass is 263 g/mol. The Balaban J connectivity index is 2.05.